The van der Waals surface area contributed by atoms with Crippen LogP contribution in [-0.2, 0) is 10.0 Å². The number of nitrogens with one attached hydrogen (secondary N) is 1. The molecule has 1 aromatic carbocycles. The third kappa shape index (κ3) is 3.97. The second-order valence-electron chi connectivity index (χ2n) is 5.75. The number of thiophene rings is 1. The van der Waals surface area contributed by atoms with Crippen LogP contribution < -0.4 is 5.43 Å². The predicted molar refractivity (Wildman–Crippen MR) is 98.4 cm³/mol. The van der Waals surface area contributed by atoms with Crippen LogP contribution in [-0.4, -0.2) is 37.4 Å². The average Bonchev–Trinajstić information content (AvgIpc) is 3.33. The number of carbonyl (C=O) groups excluding carboxylic acids is 1. The number of nitrogens with zero attached hydrogens (tertiary/aromatic N) is 2. The fraction of sp³-hybridized carbons (Fsp3) is 0.294. The molecule has 1 aliphatic heterocycles. The van der Waals surface area contributed by atoms with Gasteiger partial charge < -0.3 is 0 Å². The Morgan fingerprint density at radius 1 is 1.20 bits per heavy atom. The van der Waals surface area contributed by atoms with E-state index >= 15 is 0 Å². The van der Waals surface area contributed by atoms with E-state index in [1.807, 2.05) is 17.5 Å². The Balaban J connectivity index is 1.77. The lowest BCUT2D eigenvalue weighted by Crippen LogP contribution is -2.28. The van der Waals surface area contributed by atoms with E-state index in [4.69, 9.17) is 0 Å². The van der Waals surface area contributed by atoms with Crippen molar-refractivity contribution in [2.75, 3.05) is 13.1 Å². The van der Waals surface area contributed by atoms with E-state index in [0.29, 0.717) is 18.8 Å². The van der Waals surface area contributed by atoms with E-state index in [2.05, 4.69) is 10.5 Å². The van der Waals surface area contributed by atoms with Gasteiger partial charge in [0, 0.05) is 23.5 Å². The van der Waals surface area contributed by atoms with Gasteiger partial charge in [0.1, 0.15) is 0 Å². The number of hydrazone groups is 1. The molecule has 0 saturated carbocycles. The van der Waals surface area contributed by atoms with Gasteiger partial charge in [-0.15, -0.1) is 11.3 Å². The van der Waals surface area contributed by atoms with Crippen LogP contribution >= 0.6 is 11.3 Å². The number of carbonyl (C=O) groups is 1. The third-order valence-corrected chi connectivity index (χ3v) is 6.88. The number of hydrogen-bond acceptors (Lipinski definition) is 5. The summed E-state index contributed by atoms with van der Waals surface area (Å²) in [5.74, 6) is -0.436. The van der Waals surface area contributed by atoms with E-state index in [-0.39, 0.29) is 10.5 Å². The number of sulfonamides is 1. The Morgan fingerprint density at radius 2 is 1.96 bits per heavy atom. The molecule has 2 aromatic rings. The zero-order chi connectivity index (χ0) is 17.9. The van der Waals surface area contributed by atoms with Gasteiger partial charge in [-0.25, -0.2) is 13.8 Å². The molecule has 1 amide bonds. The molecule has 1 aliphatic rings. The fourth-order valence-corrected chi connectivity index (χ4v) is 4.85. The van der Waals surface area contributed by atoms with E-state index in [0.717, 1.165) is 17.7 Å². The van der Waals surface area contributed by atoms with Gasteiger partial charge in [-0.3, -0.25) is 4.79 Å². The largest absolute Gasteiger partial charge is 0.271 e. The van der Waals surface area contributed by atoms with Crippen molar-refractivity contribution in [1.29, 1.82) is 0 Å². The molecule has 0 radical (unpaired) electrons. The molecular formula is C17H19N3O3S2. The lowest BCUT2D eigenvalue weighted by molar-refractivity contribution is 0.0954. The topological polar surface area (TPSA) is 78.8 Å². The number of benzene rings is 1. The van der Waals surface area contributed by atoms with Gasteiger partial charge in [0.2, 0.25) is 10.0 Å². The van der Waals surface area contributed by atoms with Crippen LogP contribution in [0.5, 0.6) is 0 Å². The van der Waals surface area contributed by atoms with Gasteiger partial charge in [-0.05, 0) is 49.4 Å². The van der Waals surface area contributed by atoms with Crippen molar-refractivity contribution < 1.29 is 13.2 Å². The minimum Gasteiger partial charge on any atom is -0.267 e. The first-order valence-corrected chi connectivity index (χ1v) is 10.3. The SMILES string of the molecule is C/C(=N/NC(=O)c1cccc(S(=O)(=O)N2CCCC2)c1)c1cccs1. The van der Waals surface area contributed by atoms with E-state index in [9.17, 15) is 13.2 Å². The van der Waals surface area contributed by atoms with Gasteiger partial charge in [0.25, 0.3) is 5.91 Å². The summed E-state index contributed by atoms with van der Waals surface area (Å²) in [7, 11) is -3.54. The molecule has 0 aliphatic carbocycles. The van der Waals surface area contributed by atoms with Crippen LogP contribution in [0, 0.1) is 0 Å². The molecule has 0 bridgehead atoms. The van der Waals surface area contributed by atoms with Gasteiger partial charge in [-0.1, -0.05) is 12.1 Å². The lowest BCUT2D eigenvalue weighted by atomic mass is 10.2. The summed E-state index contributed by atoms with van der Waals surface area (Å²) >= 11 is 1.53. The minimum atomic E-state index is -3.54. The average molecular weight is 377 g/mol. The maximum absolute atomic E-state index is 12.6. The van der Waals surface area contributed by atoms with Crippen LogP contribution in [0.25, 0.3) is 0 Å². The molecule has 1 N–H and O–H groups in total. The van der Waals surface area contributed by atoms with E-state index in [1.54, 1.807) is 19.1 Å². The highest BCUT2D eigenvalue weighted by Crippen LogP contribution is 2.21. The Bertz CT molecular complexity index is 884. The van der Waals surface area contributed by atoms with Gasteiger partial charge >= 0.3 is 0 Å². The van der Waals surface area contributed by atoms with Crippen LogP contribution in [0.1, 0.15) is 35.0 Å². The summed E-state index contributed by atoms with van der Waals surface area (Å²) in [5, 5.41) is 6.01. The van der Waals surface area contributed by atoms with Crippen LogP contribution in [0.2, 0.25) is 0 Å². The summed E-state index contributed by atoms with van der Waals surface area (Å²) in [5.41, 5.74) is 3.45. The summed E-state index contributed by atoms with van der Waals surface area (Å²) in [6, 6.07) is 9.90. The molecule has 25 heavy (non-hydrogen) atoms. The maximum atomic E-state index is 12.6. The summed E-state index contributed by atoms with van der Waals surface area (Å²) in [4.78, 5) is 13.4. The number of amides is 1. The molecule has 3 rings (SSSR count). The molecule has 1 saturated heterocycles. The zero-order valence-electron chi connectivity index (χ0n) is 13.8. The first-order chi connectivity index (χ1) is 12.0. The molecule has 2 heterocycles. The predicted octanol–water partition coefficient (Wildman–Crippen LogP) is 2.69. The summed E-state index contributed by atoms with van der Waals surface area (Å²) in [6.45, 7) is 2.87. The molecular weight excluding hydrogens is 358 g/mol. The Labute approximate surface area is 151 Å². The normalized spacial score (nSPS) is 16.1. The molecule has 132 valence electrons. The van der Waals surface area contributed by atoms with Crippen LogP contribution in [0.15, 0.2) is 51.8 Å². The van der Waals surface area contributed by atoms with Crippen LogP contribution in [0.3, 0.4) is 0 Å². The Kier molecular flexibility index (Phi) is 5.31. The van der Waals surface area contributed by atoms with E-state index < -0.39 is 15.9 Å². The second kappa shape index (κ2) is 7.47. The van der Waals surface area contributed by atoms with Crippen molar-refractivity contribution >= 4 is 33.0 Å². The minimum absolute atomic E-state index is 0.140. The highest BCUT2D eigenvalue weighted by molar-refractivity contribution is 7.89. The Hall–Kier alpha value is -2.03. The molecule has 0 unspecified atom stereocenters. The first-order valence-electron chi connectivity index (χ1n) is 7.97. The van der Waals surface area contributed by atoms with Gasteiger partial charge in [0.05, 0.1) is 10.6 Å². The molecule has 1 aromatic heterocycles. The van der Waals surface area contributed by atoms with Crippen molar-refractivity contribution in [3.63, 3.8) is 0 Å². The molecule has 1 fully saturated rings. The van der Waals surface area contributed by atoms with Crippen molar-refractivity contribution in [1.82, 2.24) is 9.73 Å². The Morgan fingerprint density at radius 3 is 2.64 bits per heavy atom. The standard InChI is InChI=1S/C17H19N3O3S2/c1-13(16-8-5-11-24-16)18-19-17(21)14-6-4-7-15(12-14)25(22,23)20-9-2-3-10-20/h4-8,11-12H,2-3,9-10H2,1H3,(H,19,21)/b18-13-. The van der Waals surface area contributed by atoms with Crippen LogP contribution in [0.4, 0.5) is 0 Å². The van der Waals surface area contributed by atoms with Gasteiger partial charge in [-0.2, -0.15) is 9.41 Å². The maximum Gasteiger partial charge on any atom is 0.271 e. The van der Waals surface area contributed by atoms with Crippen molar-refractivity contribution in [2.45, 2.75) is 24.7 Å². The van der Waals surface area contributed by atoms with Gasteiger partial charge in [0.15, 0.2) is 0 Å². The third-order valence-electron chi connectivity index (χ3n) is 4.00. The quantitative estimate of drug-likeness (QED) is 0.643. The summed E-state index contributed by atoms with van der Waals surface area (Å²) < 4.78 is 26.7. The zero-order valence-corrected chi connectivity index (χ0v) is 15.4. The monoisotopic (exact) mass is 377 g/mol. The van der Waals surface area contributed by atoms with Crippen molar-refractivity contribution in [2.24, 2.45) is 5.10 Å². The second-order valence-corrected chi connectivity index (χ2v) is 8.64. The highest BCUT2D eigenvalue weighted by atomic mass is 32.2. The number of hydrogen-bond donors (Lipinski definition) is 1. The summed E-state index contributed by atoms with van der Waals surface area (Å²) in [6.07, 6.45) is 1.74. The highest BCUT2D eigenvalue weighted by Gasteiger charge is 2.27. The molecule has 6 nitrogen and oxygen atoms in total. The van der Waals surface area contributed by atoms with E-state index in [1.165, 1.54) is 27.8 Å². The lowest BCUT2D eigenvalue weighted by Gasteiger charge is -2.15. The fourth-order valence-electron chi connectivity index (χ4n) is 2.61. The smallest absolute Gasteiger partial charge is 0.267 e. The molecule has 0 spiro atoms. The first kappa shape index (κ1) is 17.8. The number of rotatable bonds is 5. The van der Waals surface area contributed by atoms with Crippen molar-refractivity contribution in [3.8, 4) is 0 Å². The molecule has 0 atom stereocenters. The molecule has 8 heteroatoms. The van der Waals surface area contributed by atoms with Crippen molar-refractivity contribution in [3.05, 3.63) is 52.2 Å².